The number of halogens is 1. The van der Waals surface area contributed by atoms with Crippen molar-refractivity contribution in [1.82, 2.24) is 14.7 Å². The van der Waals surface area contributed by atoms with Crippen LogP contribution in [0.2, 0.25) is 0 Å². The van der Waals surface area contributed by atoms with Gasteiger partial charge in [0.2, 0.25) is 10.0 Å². The van der Waals surface area contributed by atoms with Gasteiger partial charge in [-0.3, -0.25) is 9.97 Å². The Balaban J connectivity index is 1.84. The first-order valence-corrected chi connectivity index (χ1v) is 9.43. The fourth-order valence-corrected chi connectivity index (χ4v) is 3.49. The number of benzene rings is 1. The monoisotopic (exact) mass is 403 g/mol. The molecule has 3 aromatic rings. The second-order valence-electron chi connectivity index (χ2n) is 5.03. The number of nitrogens with one attached hydrogen (secondary N) is 1. The lowest BCUT2D eigenvalue weighted by Gasteiger charge is -2.10. The van der Waals surface area contributed by atoms with Crippen LogP contribution in [0, 0.1) is 0 Å². The second-order valence-corrected chi connectivity index (χ2v) is 7.71. The van der Waals surface area contributed by atoms with E-state index in [-0.39, 0.29) is 11.4 Å². The molecule has 0 fully saturated rings. The zero-order valence-corrected chi connectivity index (χ0v) is 15.0. The van der Waals surface area contributed by atoms with E-state index in [1.807, 2.05) is 18.2 Å². The summed E-state index contributed by atoms with van der Waals surface area (Å²) in [6.45, 7) is 0.157. The highest BCUT2D eigenvalue weighted by molar-refractivity contribution is 9.10. The van der Waals surface area contributed by atoms with Crippen LogP contribution in [-0.4, -0.2) is 18.4 Å². The minimum atomic E-state index is -3.59. The summed E-state index contributed by atoms with van der Waals surface area (Å²) in [6.07, 6.45) is 5.04. The molecule has 0 aliphatic carbocycles. The average Bonchev–Trinajstić information content (AvgIpc) is 2.61. The van der Waals surface area contributed by atoms with Crippen LogP contribution in [0.25, 0.3) is 11.3 Å². The van der Waals surface area contributed by atoms with Crippen molar-refractivity contribution in [3.8, 4) is 11.3 Å². The molecule has 24 heavy (non-hydrogen) atoms. The molecular weight excluding hydrogens is 390 g/mol. The number of rotatable bonds is 5. The minimum absolute atomic E-state index is 0.157. The Morgan fingerprint density at radius 3 is 2.38 bits per heavy atom. The summed E-state index contributed by atoms with van der Waals surface area (Å²) in [5.41, 5.74) is 2.42. The fourth-order valence-electron chi connectivity index (χ4n) is 2.22. The largest absolute Gasteiger partial charge is 0.265 e. The predicted octanol–water partition coefficient (Wildman–Crippen LogP) is 3.38. The van der Waals surface area contributed by atoms with E-state index in [9.17, 15) is 8.42 Å². The number of pyridine rings is 2. The van der Waals surface area contributed by atoms with Crippen LogP contribution in [0.1, 0.15) is 5.56 Å². The van der Waals surface area contributed by atoms with E-state index < -0.39 is 10.0 Å². The summed E-state index contributed by atoms with van der Waals surface area (Å²) in [5.74, 6) is 0. The Labute approximate surface area is 149 Å². The molecule has 0 bridgehead atoms. The maximum atomic E-state index is 12.4. The molecule has 2 heterocycles. The lowest BCUT2D eigenvalue weighted by molar-refractivity contribution is 0.581. The van der Waals surface area contributed by atoms with Gasteiger partial charge in [0.05, 0.1) is 10.6 Å². The molecule has 7 heteroatoms. The number of aromatic nitrogens is 2. The molecule has 0 spiro atoms. The highest BCUT2D eigenvalue weighted by Gasteiger charge is 2.15. The zero-order valence-electron chi connectivity index (χ0n) is 12.6. The van der Waals surface area contributed by atoms with Gasteiger partial charge in [-0.25, -0.2) is 13.1 Å². The molecule has 5 nitrogen and oxygen atoms in total. The van der Waals surface area contributed by atoms with E-state index in [4.69, 9.17) is 0 Å². The lowest BCUT2D eigenvalue weighted by atomic mass is 10.1. The quantitative estimate of drug-likeness (QED) is 0.708. The van der Waals surface area contributed by atoms with Crippen LogP contribution in [0.3, 0.4) is 0 Å². The van der Waals surface area contributed by atoms with Crippen LogP contribution in [0.5, 0.6) is 0 Å². The van der Waals surface area contributed by atoms with Gasteiger partial charge in [0.1, 0.15) is 0 Å². The van der Waals surface area contributed by atoms with Gasteiger partial charge in [0.25, 0.3) is 0 Å². The van der Waals surface area contributed by atoms with E-state index in [1.165, 1.54) is 0 Å². The number of hydrogen-bond acceptors (Lipinski definition) is 4. The Kier molecular flexibility index (Phi) is 5.03. The summed E-state index contributed by atoms with van der Waals surface area (Å²) in [7, 11) is -3.59. The second kappa shape index (κ2) is 7.21. The van der Waals surface area contributed by atoms with Gasteiger partial charge in [0, 0.05) is 35.2 Å². The van der Waals surface area contributed by atoms with Gasteiger partial charge >= 0.3 is 0 Å². The first-order chi connectivity index (χ1) is 11.6. The fraction of sp³-hybridized carbons (Fsp3) is 0.0588. The highest BCUT2D eigenvalue weighted by atomic mass is 79.9. The molecule has 0 amide bonds. The van der Waals surface area contributed by atoms with E-state index >= 15 is 0 Å². The van der Waals surface area contributed by atoms with E-state index in [2.05, 4.69) is 30.6 Å². The Hall–Kier alpha value is -2.09. The first kappa shape index (κ1) is 16.8. The van der Waals surface area contributed by atoms with Gasteiger partial charge in [-0.2, -0.15) is 0 Å². The van der Waals surface area contributed by atoms with Crippen LogP contribution in [0.4, 0.5) is 0 Å². The molecule has 0 saturated heterocycles. The third kappa shape index (κ3) is 3.87. The van der Waals surface area contributed by atoms with Gasteiger partial charge < -0.3 is 0 Å². The maximum absolute atomic E-state index is 12.4. The van der Waals surface area contributed by atoms with E-state index in [1.54, 1.807) is 48.9 Å². The van der Waals surface area contributed by atoms with Crippen molar-refractivity contribution in [2.75, 3.05) is 0 Å². The molecule has 1 aromatic carbocycles. The van der Waals surface area contributed by atoms with Crippen molar-refractivity contribution in [2.45, 2.75) is 11.4 Å². The molecule has 0 unspecified atom stereocenters. The third-order valence-electron chi connectivity index (χ3n) is 3.42. The van der Waals surface area contributed by atoms with Crippen molar-refractivity contribution in [1.29, 1.82) is 0 Å². The molecule has 0 aliphatic rings. The lowest BCUT2D eigenvalue weighted by Crippen LogP contribution is -2.23. The molecule has 0 radical (unpaired) electrons. The molecule has 1 N–H and O–H groups in total. The molecule has 3 rings (SSSR count). The molecular formula is C17H14BrN3O2S. The predicted molar refractivity (Wildman–Crippen MR) is 95.6 cm³/mol. The summed E-state index contributed by atoms with van der Waals surface area (Å²) >= 11 is 3.29. The van der Waals surface area contributed by atoms with E-state index in [0.29, 0.717) is 0 Å². The van der Waals surface area contributed by atoms with Crippen molar-refractivity contribution in [2.24, 2.45) is 0 Å². The molecule has 0 saturated carbocycles. The number of sulfonamides is 1. The molecule has 0 atom stereocenters. The minimum Gasteiger partial charge on any atom is -0.265 e. The summed E-state index contributed by atoms with van der Waals surface area (Å²) in [5, 5.41) is 0. The smallest absolute Gasteiger partial charge is 0.240 e. The Morgan fingerprint density at radius 2 is 1.67 bits per heavy atom. The van der Waals surface area contributed by atoms with Crippen LogP contribution >= 0.6 is 15.9 Å². The zero-order chi connectivity index (χ0) is 17.0. The van der Waals surface area contributed by atoms with Crippen LogP contribution in [0.15, 0.2) is 76.5 Å². The maximum Gasteiger partial charge on any atom is 0.240 e. The van der Waals surface area contributed by atoms with Gasteiger partial charge in [-0.1, -0.05) is 22.0 Å². The third-order valence-corrected chi connectivity index (χ3v) is 5.37. The normalized spacial score (nSPS) is 11.4. The van der Waals surface area contributed by atoms with Crippen molar-refractivity contribution < 1.29 is 8.42 Å². The number of nitrogens with zero attached hydrogens (tertiary/aromatic N) is 2. The topological polar surface area (TPSA) is 72.0 Å². The molecule has 2 aromatic heterocycles. The Morgan fingerprint density at radius 1 is 0.958 bits per heavy atom. The highest BCUT2D eigenvalue weighted by Crippen LogP contribution is 2.21. The van der Waals surface area contributed by atoms with Gasteiger partial charge in [-0.05, 0) is 48.0 Å². The van der Waals surface area contributed by atoms with Crippen LogP contribution < -0.4 is 4.72 Å². The standard InChI is InChI=1S/C17H14BrN3O2S/c18-15-3-5-16(6-4-15)24(22,23)21-12-14-2-1-9-20-17(14)13-7-10-19-11-8-13/h1-11,21H,12H2. The summed E-state index contributed by atoms with van der Waals surface area (Å²) in [4.78, 5) is 8.58. The molecule has 0 aliphatic heterocycles. The summed E-state index contributed by atoms with van der Waals surface area (Å²) < 4.78 is 28.3. The van der Waals surface area contributed by atoms with E-state index in [0.717, 1.165) is 21.3 Å². The Bertz CT molecular complexity index is 930. The first-order valence-electron chi connectivity index (χ1n) is 7.16. The van der Waals surface area contributed by atoms with Crippen molar-refractivity contribution in [3.05, 3.63) is 77.2 Å². The van der Waals surface area contributed by atoms with Gasteiger partial charge in [0.15, 0.2) is 0 Å². The SMILES string of the molecule is O=S(=O)(NCc1cccnc1-c1ccncc1)c1ccc(Br)cc1. The molecule has 122 valence electrons. The summed E-state index contributed by atoms with van der Waals surface area (Å²) in [6, 6.07) is 13.8. The van der Waals surface area contributed by atoms with Crippen molar-refractivity contribution in [3.63, 3.8) is 0 Å². The number of hydrogen-bond donors (Lipinski definition) is 1. The van der Waals surface area contributed by atoms with Crippen molar-refractivity contribution >= 4 is 26.0 Å². The van der Waals surface area contributed by atoms with Gasteiger partial charge in [-0.15, -0.1) is 0 Å². The van der Waals surface area contributed by atoms with Crippen LogP contribution in [-0.2, 0) is 16.6 Å². The average molecular weight is 404 g/mol.